The quantitative estimate of drug-likeness (QED) is 0.942. The van der Waals surface area contributed by atoms with Gasteiger partial charge in [-0.2, -0.15) is 0 Å². The Hall–Kier alpha value is -2.20. The maximum Gasteiger partial charge on any atom is 0.335 e. The third-order valence-corrected chi connectivity index (χ3v) is 3.93. The number of carboxylic acids is 1. The molecule has 2 aromatic rings. The molecular weight excluding hydrogens is 269 g/mol. The Kier molecular flexibility index (Phi) is 3.71. The third-order valence-electron chi connectivity index (χ3n) is 3.93. The van der Waals surface area contributed by atoms with E-state index in [-0.39, 0.29) is 5.82 Å². The van der Waals surface area contributed by atoms with E-state index in [1.165, 1.54) is 6.07 Å². The van der Waals surface area contributed by atoms with Crippen molar-refractivity contribution < 1.29 is 14.3 Å². The van der Waals surface area contributed by atoms with Crippen LogP contribution in [-0.4, -0.2) is 22.5 Å². The van der Waals surface area contributed by atoms with Gasteiger partial charge in [0, 0.05) is 25.2 Å². The number of carbonyl (C=O) groups is 1. The number of hydrogen-bond acceptors (Lipinski definition) is 2. The molecule has 0 fully saturated rings. The Bertz CT molecular complexity index is 684. The molecule has 21 heavy (non-hydrogen) atoms. The van der Waals surface area contributed by atoms with E-state index in [4.69, 9.17) is 0 Å². The second-order valence-electron chi connectivity index (χ2n) is 5.30. The van der Waals surface area contributed by atoms with Crippen molar-refractivity contribution in [3.8, 4) is 0 Å². The highest BCUT2D eigenvalue weighted by Gasteiger charge is 2.21. The van der Waals surface area contributed by atoms with E-state index in [1.54, 1.807) is 24.3 Å². The number of aromatic carboxylic acids is 1. The first-order valence-corrected chi connectivity index (χ1v) is 6.95. The first-order valence-electron chi connectivity index (χ1n) is 6.95. The zero-order valence-corrected chi connectivity index (χ0v) is 11.6. The fourth-order valence-electron chi connectivity index (χ4n) is 2.87. The monoisotopic (exact) mass is 285 g/mol. The SMILES string of the molecule is O=C(O)c1cccc2c1CCN(Cc1ccccc1F)C2. The highest BCUT2D eigenvalue weighted by molar-refractivity contribution is 5.89. The van der Waals surface area contributed by atoms with Gasteiger partial charge in [-0.15, -0.1) is 0 Å². The van der Waals surface area contributed by atoms with Gasteiger partial charge >= 0.3 is 5.97 Å². The van der Waals surface area contributed by atoms with Crippen molar-refractivity contribution in [2.24, 2.45) is 0 Å². The van der Waals surface area contributed by atoms with E-state index in [1.807, 2.05) is 12.1 Å². The molecule has 108 valence electrons. The van der Waals surface area contributed by atoms with Gasteiger partial charge in [0.15, 0.2) is 0 Å². The molecule has 1 aliphatic rings. The van der Waals surface area contributed by atoms with Crippen molar-refractivity contribution in [2.45, 2.75) is 19.5 Å². The molecule has 4 heteroatoms. The van der Waals surface area contributed by atoms with Gasteiger partial charge in [-0.1, -0.05) is 30.3 Å². The summed E-state index contributed by atoms with van der Waals surface area (Å²) in [7, 11) is 0. The van der Waals surface area contributed by atoms with Crippen LogP contribution in [0.5, 0.6) is 0 Å². The lowest BCUT2D eigenvalue weighted by Gasteiger charge is -2.29. The lowest BCUT2D eigenvalue weighted by molar-refractivity contribution is 0.0694. The fraction of sp³-hybridized carbons (Fsp3) is 0.235. The average Bonchev–Trinajstić information content (AvgIpc) is 2.48. The van der Waals surface area contributed by atoms with Crippen molar-refractivity contribution in [1.82, 2.24) is 4.90 Å². The van der Waals surface area contributed by atoms with Crippen LogP contribution in [0, 0.1) is 5.82 Å². The standard InChI is InChI=1S/C17H16FNO2/c18-16-7-2-1-4-13(16)11-19-9-8-14-12(10-19)5-3-6-15(14)17(20)21/h1-7H,8-11H2,(H,20,21). The van der Waals surface area contributed by atoms with Crippen LogP contribution in [0.25, 0.3) is 0 Å². The summed E-state index contributed by atoms with van der Waals surface area (Å²) < 4.78 is 13.7. The van der Waals surface area contributed by atoms with Crippen LogP contribution in [0.2, 0.25) is 0 Å². The minimum Gasteiger partial charge on any atom is -0.478 e. The summed E-state index contributed by atoms with van der Waals surface area (Å²) in [6.45, 7) is 1.94. The highest BCUT2D eigenvalue weighted by atomic mass is 19.1. The Morgan fingerprint density at radius 3 is 2.76 bits per heavy atom. The molecule has 0 radical (unpaired) electrons. The molecule has 0 aliphatic carbocycles. The van der Waals surface area contributed by atoms with Gasteiger partial charge in [0.2, 0.25) is 0 Å². The molecule has 3 rings (SSSR count). The molecule has 0 saturated carbocycles. The van der Waals surface area contributed by atoms with E-state index >= 15 is 0 Å². The zero-order valence-electron chi connectivity index (χ0n) is 11.6. The van der Waals surface area contributed by atoms with Gasteiger partial charge in [0.05, 0.1) is 5.56 Å². The van der Waals surface area contributed by atoms with Crippen molar-refractivity contribution in [3.63, 3.8) is 0 Å². The smallest absolute Gasteiger partial charge is 0.335 e. The second kappa shape index (κ2) is 5.66. The van der Waals surface area contributed by atoms with Gasteiger partial charge in [-0.3, -0.25) is 4.90 Å². The third kappa shape index (κ3) is 2.81. The minimum absolute atomic E-state index is 0.192. The molecule has 1 N–H and O–H groups in total. The van der Waals surface area contributed by atoms with Crippen LogP contribution >= 0.6 is 0 Å². The van der Waals surface area contributed by atoms with Gasteiger partial charge < -0.3 is 5.11 Å². The Morgan fingerprint density at radius 2 is 2.00 bits per heavy atom. The van der Waals surface area contributed by atoms with Crippen molar-refractivity contribution in [3.05, 3.63) is 70.5 Å². The number of nitrogens with zero attached hydrogens (tertiary/aromatic N) is 1. The van der Waals surface area contributed by atoms with Crippen LogP contribution in [-0.2, 0) is 19.5 Å². The maximum atomic E-state index is 13.7. The average molecular weight is 285 g/mol. The molecule has 3 nitrogen and oxygen atoms in total. The van der Waals surface area contributed by atoms with Crippen molar-refractivity contribution in [2.75, 3.05) is 6.54 Å². The van der Waals surface area contributed by atoms with Gasteiger partial charge in [0.1, 0.15) is 5.82 Å². The van der Waals surface area contributed by atoms with E-state index in [9.17, 15) is 14.3 Å². The number of halogens is 1. The first-order chi connectivity index (χ1) is 10.1. The number of carboxylic acid groups (broad SMARTS) is 1. The maximum absolute atomic E-state index is 13.7. The van der Waals surface area contributed by atoms with Crippen LogP contribution in [0.15, 0.2) is 42.5 Å². The molecule has 0 aromatic heterocycles. The summed E-state index contributed by atoms with van der Waals surface area (Å²) in [5.41, 5.74) is 3.00. The lowest BCUT2D eigenvalue weighted by Crippen LogP contribution is -2.31. The predicted octanol–water partition coefficient (Wildman–Crippen LogP) is 3.08. The molecule has 0 amide bonds. The number of rotatable bonds is 3. The molecule has 0 unspecified atom stereocenters. The van der Waals surface area contributed by atoms with Gasteiger partial charge in [0.25, 0.3) is 0 Å². The van der Waals surface area contributed by atoms with Gasteiger partial charge in [-0.25, -0.2) is 9.18 Å². The van der Waals surface area contributed by atoms with Gasteiger partial charge in [-0.05, 0) is 29.7 Å². The van der Waals surface area contributed by atoms with Crippen LogP contribution < -0.4 is 0 Å². The minimum atomic E-state index is -0.880. The second-order valence-corrected chi connectivity index (χ2v) is 5.30. The van der Waals surface area contributed by atoms with Crippen molar-refractivity contribution >= 4 is 5.97 Å². The summed E-state index contributed by atoms with van der Waals surface area (Å²) in [6, 6.07) is 12.1. The lowest BCUT2D eigenvalue weighted by atomic mass is 9.94. The van der Waals surface area contributed by atoms with Crippen LogP contribution in [0.4, 0.5) is 4.39 Å². The Labute approximate surface area is 122 Å². The molecular formula is C17H16FNO2. The molecule has 0 saturated heterocycles. The summed E-state index contributed by atoms with van der Waals surface area (Å²) in [5.74, 6) is -1.07. The summed E-state index contributed by atoms with van der Waals surface area (Å²) in [5, 5.41) is 9.22. The van der Waals surface area contributed by atoms with E-state index in [0.717, 1.165) is 17.7 Å². The summed E-state index contributed by atoms with van der Waals surface area (Å²) in [4.78, 5) is 13.4. The molecule has 0 spiro atoms. The van der Waals surface area contributed by atoms with Crippen LogP contribution in [0.3, 0.4) is 0 Å². The molecule has 0 bridgehead atoms. The largest absolute Gasteiger partial charge is 0.478 e. The van der Waals surface area contributed by atoms with Crippen molar-refractivity contribution in [1.29, 1.82) is 0 Å². The number of fused-ring (bicyclic) bond motifs is 1. The highest BCUT2D eigenvalue weighted by Crippen LogP contribution is 2.24. The predicted molar refractivity (Wildman–Crippen MR) is 77.6 cm³/mol. The number of hydrogen-bond donors (Lipinski definition) is 1. The fourth-order valence-corrected chi connectivity index (χ4v) is 2.87. The zero-order chi connectivity index (χ0) is 14.8. The number of benzene rings is 2. The topological polar surface area (TPSA) is 40.5 Å². The van der Waals surface area contributed by atoms with E-state index < -0.39 is 5.97 Å². The Morgan fingerprint density at radius 1 is 1.19 bits per heavy atom. The molecule has 2 aromatic carbocycles. The molecule has 0 atom stereocenters. The Balaban J connectivity index is 1.81. The van der Waals surface area contributed by atoms with E-state index in [0.29, 0.717) is 30.6 Å². The molecule has 1 heterocycles. The first kappa shape index (κ1) is 13.8. The summed E-state index contributed by atoms with van der Waals surface area (Å²) in [6.07, 6.45) is 0.687. The van der Waals surface area contributed by atoms with E-state index in [2.05, 4.69) is 4.90 Å². The van der Waals surface area contributed by atoms with Crippen LogP contribution in [0.1, 0.15) is 27.0 Å². The normalized spacial score (nSPS) is 14.7. The molecule has 1 aliphatic heterocycles. The summed E-state index contributed by atoms with van der Waals surface area (Å²) >= 11 is 0.